The van der Waals surface area contributed by atoms with Crippen LogP contribution >= 0.6 is 0 Å². The lowest BCUT2D eigenvalue weighted by Gasteiger charge is -2.04. The van der Waals surface area contributed by atoms with Crippen molar-refractivity contribution in [1.29, 1.82) is 0 Å². The highest BCUT2D eigenvalue weighted by atomic mass is 16.4. The van der Waals surface area contributed by atoms with Gasteiger partial charge in [-0.25, -0.2) is 4.79 Å². The molecule has 1 amide bonds. The Morgan fingerprint density at radius 2 is 2.14 bits per heavy atom. The van der Waals surface area contributed by atoms with Gasteiger partial charge in [0.25, 0.3) is 0 Å². The predicted octanol–water partition coefficient (Wildman–Crippen LogP) is 0.252. The zero-order valence-electron chi connectivity index (χ0n) is 8.06. The van der Waals surface area contributed by atoms with Gasteiger partial charge in [-0.1, -0.05) is 25.8 Å². The summed E-state index contributed by atoms with van der Waals surface area (Å²) >= 11 is 0. The van der Waals surface area contributed by atoms with E-state index in [-0.39, 0.29) is 0 Å². The van der Waals surface area contributed by atoms with E-state index < -0.39 is 18.1 Å². The van der Waals surface area contributed by atoms with Crippen LogP contribution in [0.15, 0.2) is 12.2 Å². The van der Waals surface area contributed by atoms with E-state index in [2.05, 4.69) is 0 Å². The number of rotatable bonds is 6. The first-order valence-corrected chi connectivity index (χ1v) is 4.45. The minimum Gasteiger partial charge on any atom is -0.478 e. The smallest absolute Gasteiger partial charge is 0.353 e. The fraction of sp³-hybridized carbons (Fsp3) is 0.556. The average molecular weight is 201 g/mol. The van der Waals surface area contributed by atoms with Crippen molar-refractivity contribution in [3.8, 4) is 0 Å². The van der Waals surface area contributed by atoms with E-state index in [1.54, 1.807) is 6.08 Å². The first kappa shape index (κ1) is 12.6. The SMILES string of the molecule is CCCCC=CC(=O)NC(O)C(=O)O. The number of carboxylic acid groups (broad SMARTS) is 1. The Labute approximate surface area is 82.4 Å². The minimum atomic E-state index is -1.83. The number of nitrogens with one attached hydrogen (secondary N) is 1. The first-order valence-electron chi connectivity index (χ1n) is 4.45. The molecule has 0 aliphatic rings. The Balaban J connectivity index is 3.75. The third-order valence-electron chi connectivity index (χ3n) is 1.51. The second-order valence-corrected chi connectivity index (χ2v) is 2.79. The third kappa shape index (κ3) is 6.19. The highest BCUT2D eigenvalue weighted by molar-refractivity contribution is 5.90. The van der Waals surface area contributed by atoms with Gasteiger partial charge in [0.15, 0.2) is 0 Å². The third-order valence-corrected chi connectivity index (χ3v) is 1.51. The number of unbranched alkanes of at least 4 members (excludes halogenated alkanes) is 2. The van der Waals surface area contributed by atoms with Gasteiger partial charge in [-0.3, -0.25) is 4.79 Å². The fourth-order valence-corrected chi connectivity index (χ4v) is 0.757. The van der Waals surface area contributed by atoms with E-state index in [4.69, 9.17) is 10.2 Å². The Morgan fingerprint density at radius 3 is 2.64 bits per heavy atom. The molecule has 0 heterocycles. The van der Waals surface area contributed by atoms with Gasteiger partial charge < -0.3 is 15.5 Å². The van der Waals surface area contributed by atoms with Crippen molar-refractivity contribution in [3.63, 3.8) is 0 Å². The molecule has 0 saturated heterocycles. The molecule has 0 bridgehead atoms. The second-order valence-electron chi connectivity index (χ2n) is 2.79. The number of carbonyl (C=O) groups is 2. The van der Waals surface area contributed by atoms with E-state index in [0.717, 1.165) is 19.3 Å². The average Bonchev–Trinajstić information content (AvgIpc) is 2.12. The Kier molecular flexibility index (Phi) is 6.39. The molecule has 0 aromatic carbocycles. The molecule has 0 aromatic heterocycles. The molecule has 1 atom stereocenters. The topological polar surface area (TPSA) is 86.6 Å². The number of allylic oxidation sites excluding steroid dienone is 1. The molecule has 14 heavy (non-hydrogen) atoms. The molecule has 0 rings (SSSR count). The summed E-state index contributed by atoms with van der Waals surface area (Å²) in [7, 11) is 0. The summed E-state index contributed by atoms with van der Waals surface area (Å²) in [6.07, 6.45) is 3.82. The van der Waals surface area contributed by atoms with Gasteiger partial charge >= 0.3 is 5.97 Å². The highest BCUT2D eigenvalue weighted by Gasteiger charge is 2.13. The van der Waals surface area contributed by atoms with E-state index in [1.807, 2.05) is 12.2 Å². The molecule has 0 aromatic rings. The van der Waals surface area contributed by atoms with Crippen molar-refractivity contribution in [2.75, 3.05) is 0 Å². The number of aliphatic carboxylic acids is 1. The monoisotopic (exact) mass is 201 g/mol. The lowest BCUT2D eigenvalue weighted by molar-refractivity contribution is -0.150. The van der Waals surface area contributed by atoms with Crippen LogP contribution in [0.5, 0.6) is 0 Å². The van der Waals surface area contributed by atoms with Gasteiger partial charge in [0.1, 0.15) is 0 Å². The quantitative estimate of drug-likeness (QED) is 0.326. The van der Waals surface area contributed by atoms with Gasteiger partial charge in [-0.05, 0) is 12.5 Å². The summed E-state index contributed by atoms with van der Waals surface area (Å²) in [5.74, 6) is -2.07. The molecular weight excluding hydrogens is 186 g/mol. The largest absolute Gasteiger partial charge is 0.478 e. The summed E-state index contributed by atoms with van der Waals surface area (Å²) in [4.78, 5) is 21.0. The van der Waals surface area contributed by atoms with Crippen molar-refractivity contribution >= 4 is 11.9 Å². The summed E-state index contributed by atoms with van der Waals surface area (Å²) in [6, 6.07) is 0. The van der Waals surface area contributed by atoms with Crippen molar-refractivity contribution in [2.24, 2.45) is 0 Å². The van der Waals surface area contributed by atoms with E-state index in [1.165, 1.54) is 6.08 Å². The van der Waals surface area contributed by atoms with Gasteiger partial charge in [-0.15, -0.1) is 0 Å². The maximum Gasteiger partial charge on any atom is 0.353 e. The molecule has 0 fully saturated rings. The summed E-state index contributed by atoms with van der Waals surface area (Å²) in [6.45, 7) is 2.03. The van der Waals surface area contributed by atoms with Crippen LogP contribution in [-0.2, 0) is 9.59 Å². The summed E-state index contributed by atoms with van der Waals surface area (Å²) in [5, 5.41) is 18.9. The van der Waals surface area contributed by atoms with Crippen LogP contribution in [-0.4, -0.2) is 28.3 Å². The van der Waals surface area contributed by atoms with Crippen LogP contribution in [0.3, 0.4) is 0 Å². The standard InChI is InChI=1S/C9H15NO4/c1-2-3-4-5-6-7(11)10-8(12)9(13)14/h5-6,8,12H,2-4H2,1H3,(H,10,11)(H,13,14). The molecular formula is C9H15NO4. The van der Waals surface area contributed by atoms with Crippen molar-refractivity contribution in [2.45, 2.75) is 32.4 Å². The Bertz CT molecular complexity index is 225. The van der Waals surface area contributed by atoms with Crippen molar-refractivity contribution in [3.05, 3.63) is 12.2 Å². The molecule has 80 valence electrons. The van der Waals surface area contributed by atoms with Crippen LogP contribution in [0, 0.1) is 0 Å². The summed E-state index contributed by atoms with van der Waals surface area (Å²) < 4.78 is 0. The maximum atomic E-state index is 10.9. The van der Waals surface area contributed by atoms with Gasteiger partial charge in [0.05, 0.1) is 0 Å². The summed E-state index contributed by atoms with van der Waals surface area (Å²) in [5.41, 5.74) is 0. The second kappa shape index (κ2) is 7.08. The normalized spacial score (nSPS) is 12.7. The van der Waals surface area contributed by atoms with E-state index in [9.17, 15) is 9.59 Å². The van der Waals surface area contributed by atoms with Gasteiger partial charge in [0.2, 0.25) is 12.1 Å². The van der Waals surface area contributed by atoms with Gasteiger partial charge in [-0.2, -0.15) is 0 Å². The molecule has 5 heteroatoms. The number of hydrogen-bond acceptors (Lipinski definition) is 3. The number of carboxylic acids is 1. The molecule has 3 N–H and O–H groups in total. The zero-order chi connectivity index (χ0) is 11.0. The fourth-order valence-electron chi connectivity index (χ4n) is 0.757. The van der Waals surface area contributed by atoms with E-state index >= 15 is 0 Å². The van der Waals surface area contributed by atoms with E-state index in [0.29, 0.717) is 0 Å². The number of carbonyl (C=O) groups excluding carboxylic acids is 1. The van der Waals surface area contributed by atoms with Crippen LogP contribution in [0.1, 0.15) is 26.2 Å². The molecule has 5 nitrogen and oxygen atoms in total. The predicted molar refractivity (Wildman–Crippen MR) is 50.5 cm³/mol. The number of aliphatic hydroxyl groups is 1. The van der Waals surface area contributed by atoms with Gasteiger partial charge in [0, 0.05) is 0 Å². The van der Waals surface area contributed by atoms with Crippen LogP contribution in [0.2, 0.25) is 0 Å². The highest BCUT2D eigenvalue weighted by Crippen LogP contribution is 1.94. The maximum absolute atomic E-state index is 10.9. The number of aliphatic hydroxyl groups excluding tert-OH is 1. The number of hydrogen-bond donors (Lipinski definition) is 3. The number of amides is 1. The molecule has 0 spiro atoms. The van der Waals surface area contributed by atoms with Crippen LogP contribution in [0.4, 0.5) is 0 Å². The van der Waals surface area contributed by atoms with Crippen molar-refractivity contribution < 1.29 is 19.8 Å². The lowest BCUT2D eigenvalue weighted by atomic mass is 10.2. The minimum absolute atomic E-state index is 0.601. The molecule has 0 aliphatic carbocycles. The van der Waals surface area contributed by atoms with Crippen LogP contribution in [0.25, 0.3) is 0 Å². The Morgan fingerprint density at radius 1 is 1.50 bits per heavy atom. The molecule has 0 saturated carbocycles. The molecule has 0 aliphatic heterocycles. The Hall–Kier alpha value is -1.36. The lowest BCUT2D eigenvalue weighted by Crippen LogP contribution is -2.39. The van der Waals surface area contributed by atoms with Crippen molar-refractivity contribution in [1.82, 2.24) is 5.32 Å². The first-order chi connectivity index (χ1) is 6.57. The zero-order valence-corrected chi connectivity index (χ0v) is 8.06. The molecule has 0 radical (unpaired) electrons. The molecule has 1 unspecified atom stereocenters. The van der Waals surface area contributed by atoms with Crippen LogP contribution < -0.4 is 5.32 Å².